The lowest BCUT2D eigenvalue weighted by Gasteiger charge is -2.44. The summed E-state index contributed by atoms with van der Waals surface area (Å²) in [6.45, 7) is 2.92. The third-order valence-electron chi connectivity index (χ3n) is 5.46. The van der Waals surface area contributed by atoms with E-state index in [-0.39, 0.29) is 5.56 Å². The molecule has 3 rings (SSSR count). The van der Waals surface area contributed by atoms with Crippen molar-refractivity contribution in [3.63, 3.8) is 0 Å². The molecule has 1 aliphatic carbocycles. The van der Waals surface area contributed by atoms with Crippen molar-refractivity contribution >= 4 is 16.9 Å². The second-order valence-corrected chi connectivity index (χ2v) is 7.32. The van der Waals surface area contributed by atoms with E-state index < -0.39 is 11.4 Å². The van der Waals surface area contributed by atoms with Crippen molar-refractivity contribution in [1.82, 2.24) is 19.3 Å². The fraction of sp³-hybridized carbons (Fsp3) is 0.667. The molecular weight excluding hydrogens is 332 g/mol. The molecule has 26 heavy (non-hydrogen) atoms. The summed E-state index contributed by atoms with van der Waals surface area (Å²) in [7, 11) is 3.07. The number of nitrogens with two attached hydrogens (primary N) is 1. The van der Waals surface area contributed by atoms with Gasteiger partial charge in [0.2, 0.25) is 0 Å². The van der Waals surface area contributed by atoms with E-state index in [1.165, 1.54) is 18.0 Å². The molecule has 2 aromatic rings. The van der Waals surface area contributed by atoms with Crippen LogP contribution in [0.5, 0.6) is 0 Å². The zero-order valence-corrected chi connectivity index (χ0v) is 15.9. The molecule has 0 saturated heterocycles. The van der Waals surface area contributed by atoms with Crippen molar-refractivity contribution in [2.24, 2.45) is 19.8 Å². The molecule has 1 aliphatic rings. The lowest BCUT2D eigenvalue weighted by atomic mass is 9.88. The number of fused-ring (bicyclic) bond motifs is 1. The minimum Gasteiger partial charge on any atom is -0.337 e. The van der Waals surface area contributed by atoms with Gasteiger partial charge in [-0.15, -0.1) is 10.2 Å². The summed E-state index contributed by atoms with van der Waals surface area (Å²) in [4.78, 5) is 26.8. The average Bonchev–Trinajstić information content (AvgIpc) is 2.65. The number of aromatic nitrogens is 4. The van der Waals surface area contributed by atoms with Crippen LogP contribution in [0, 0.1) is 0 Å². The monoisotopic (exact) mass is 360 g/mol. The molecule has 0 bridgehead atoms. The minimum atomic E-state index is -0.457. The van der Waals surface area contributed by atoms with Crippen LogP contribution < -0.4 is 21.9 Å². The Kier molecular flexibility index (Phi) is 5.13. The molecule has 0 amide bonds. The summed E-state index contributed by atoms with van der Waals surface area (Å²) in [5, 5.41) is 8.93. The quantitative estimate of drug-likeness (QED) is 0.806. The van der Waals surface area contributed by atoms with E-state index in [9.17, 15) is 9.59 Å². The average molecular weight is 360 g/mol. The Hall–Kier alpha value is -2.22. The van der Waals surface area contributed by atoms with Gasteiger partial charge in [-0.25, -0.2) is 4.79 Å². The normalized spacial score (nSPS) is 16.8. The molecule has 0 radical (unpaired) electrons. The van der Waals surface area contributed by atoms with E-state index in [2.05, 4.69) is 22.0 Å². The lowest BCUT2D eigenvalue weighted by molar-refractivity contribution is 0.278. The summed E-state index contributed by atoms with van der Waals surface area (Å²) in [5.41, 5.74) is 5.84. The number of nitrogens with zero attached hydrogens (tertiary/aromatic N) is 5. The molecule has 0 unspecified atom stereocenters. The van der Waals surface area contributed by atoms with Crippen molar-refractivity contribution in [3.8, 4) is 0 Å². The Morgan fingerprint density at radius 3 is 2.50 bits per heavy atom. The van der Waals surface area contributed by atoms with Gasteiger partial charge in [-0.1, -0.05) is 19.8 Å². The van der Waals surface area contributed by atoms with Gasteiger partial charge in [0.05, 0.1) is 11.0 Å². The molecule has 2 aromatic heterocycles. The summed E-state index contributed by atoms with van der Waals surface area (Å²) in [6.07, 6.45) is 7.23. The fourth-order valence-corrected chi connectivity index (χ4v) is 3.81. The predicted molar refractivity (Wildman–Crippen MR) is 102 cm³/mol. The summed E-state index contributed by atoms with van der Waals surface area (Å²) < 4.78 is 2.45. The summed E-state index contributed by atoms with van der Waals surface area (Å²) in [6, 6.07) is 1.74. The largest absolute Gasteiger partial charge is 0.337 e. The Balaban J connectivity index is 2.13. The maximum Gasteiger partial charge on any atom is 0.332 e. The first-order valence-electron chi connectivity index (χ1n) is 9.39. The molecule has 0 aliphatic heterocycles. The van der Waals surface area contributed by atoms with Crippen LogP contribution >= 0.6 is 0 Å². The summed E-state index contributed by atoms with van der Waals surface area (Å²) >= 11 is 0. The van der Waals surface area contributed by atoms with Gasteiger partial charge in [0.15, 0.2) is 11.5 Å². The van der Waals surface area contributed by atoms with E-state index in [1.807, 2.05) is 0 Å². The number of rotatable bonds is 5. The van der Waals surface area contributed by atoms with Gasteiger partial charge in [0.25, 0.3) is 5.56 Å². The van der Waals surface area contributed by atoms with Crippen molar-refractivity contribution in [2.75, 3.05) is 11.4 Å². The van der Waals surface area contributed by atoms with Crippen LogP contribution in [-0.2, 0) is 14.1 Å². The maximum atomic E-state index is 12.6. The van der Waals surface area contributed by atoms with E-state index in [1.54, 1.807) is 13.1 Å². The second-order valence-electron chi connectivity index (χ2n) is 7.32. The first kappa shape index (κ1) is 18.6. The van der Waals surface area contributed by atoms with Crippen molar-refractivity contribution in [2.45, 2.75) is 57.5 Å². The van der Waals surface area contributed by atoms with Crippen LogP contribution in [0.15, 0.2) is 15.7 Å². The highest BCUT2D eigenvalue weighted by Gasteiger charge is 2.35. The summed E-state index contributed by atoms with van der Waals surface area (Å²) in [5.74, 6) is 0.617. The van der Waals surface area contributed by atoms with Crippen LogP contribution in [0.1, 0.15) is 51.9 Å². The first-order valence-corrected chi connectivity index (χ1v) is 9.39. The standard InChI is InChI=1S/C18H28N6O2/c1-4-5-11-24(18(19)9-7-6-8-10-18)14-12-13-15(21-20-14)22(2)17(26)23(3)16(13)25/h12H,4-11,19H2,1-3H3. The number of hydrogen-bond acceptors (Lipinski definition) is 6. The smallest absolute Gasteiger partial charge is 0.332 e. The van der Waals surface area contributed by atoms with Gasteiger partial charge >= 0.3 is 5.69 Å². The zero-order valence-electron chi connectivity index (χ0n) is 15.9. The first-order chi connectivity index (χ1) is 12.4. The van der Waals surface area contributed by atoms with Crippen LogP contribution in [0.25, 0.3) is 11.0 Å². The second kappa shape index (κ2) is 7.19. The number of unbranched alkanes of at least 4 members (excludes halogenated alkanes) is 1. The molecule has 0 spiro atoms. The van der Waals surface area contributed by atoms with Crippen LogP contribution in [-0.4, -0.2) is 31.5 Å². The third-order valence-corrected chi connectivity index (χ3v) is 5.46. The molecule has 2 N–H and O–H groups in total. The zero-order chi connectivity index (χ0) is 18.9. The number of hydrogen-bond donors (Lipinski definition) is 1. The lowest BCUT2D eigenvalue weighted by Crippen LogP contribution is -2.58. The van der Waals surface area contributed by atoms with E-state index in [0.29, 0.717) is 16.9 Å². The van der Waals surface area contributed by atoms with Crippen LogP contribution in [0.2, 0.25) is 0 Å². The Labute approximate surface area is 152 Å². The highest BCUT2D eigenvalue weighted by atomic mass is 16.2. The SMILES string of the molecule is CCCCN(c1cc2c(=O)n(C)c(=O)n(C)c2nn1)C1(N)CCCCC1. The molecule has 8 heteroatoms. The molecular formula is C18H28N6O2. The maximum absolute atomic E-state index is 12.6. The predicted octanol–water partition coefficient (Wildman–Crippen LogP) is 1.25. The third kappa shape index (κ3) is 3.13. The minimum absolute atomic E-state index is 0.298. The number of anilines is 1. The topological polar surface area (TPSA) is 99.0 Å². The van der Waals surface area contributed by atoms with Crippen LogP contribution in [0.4, 0.5) is 5.82 Å². The molecule has 0 atom stereocenters. The molecule has 1 saturated carbocycles. The molecule has 8 nitrogen and oxygen atoms in total. The molecule has 142 valence electrons. The van der Waals surface area contributed by atoms with Crippen molar-refractivity contribution < 1.29 is 0 Å². The Morgan fingerprint density at radius 1 is 1.15 bits per heavy atom. The number of aryl methyl sites for hydroxylation is 1. The van der Waals surface area contributed by atoms with Gasteiger partial charge in [-0.3, -0.25) is 13.9 Å². The van der Waals surface area contributed by atoms with E-state index in [0.717, 1.165) is 49.6 Å². The van der Waals surface area contributed by atoms with Gasteiger partial charge in [-0.2, -0.15) is 0 Å². The van der Waals surface area contributed by atoms with Gasteiger partial charge in [0.1, 0.15) is 0 Å². The van der Waals surface area contributed by atoms with Crippen molar-refractivity contribution in [1.29, 1.82) is 0 Å². The van der Waals surface area contributed by atoms with Gasteiger partial charge < -0.3 is 10.6 Å². The van der Waals surface area contributed by atoms with Gasteiger partial charge in [-0.05, 0) is 38.2 Å². The Morgan fingerprint density at radius 2 is 1.85 bits per heavy atom. The van der Waals surface area contributed by atoms with E-state index in [4.69, 9.17) is 5.73 Å². The van der Waals surface area contributed by atoms with Gasteiger partial charge in [0, 0.05) is 20.6 Å². The van der Waals surface area contributed by atoms with E-state index >= 15 is 0 Å². The molecule has 0 aromatic carbocycles. The Bertz CT molecular complexity index is 910. The highest BCUT2D eigenvalue weighted by Crippen LogP contribution is 2.32. The fourth-order valence-electron chi connectivity index (χ4n) is 3.81. The molecule has 1 fully saturated rings. The van der Waals surface area contributed by atoms with Crippen LogP contribution in [0.3, 0.4) is 0 Å². The molecule has 2 heterocycles. The van der Waals surface area contributed by atoms with Crippen molar-refractivity contribution in [3.05, 3.63) is 26.9 Å². The highest BCUT2D eigenvalue weighted by molar-refractivity contribution is 5.76.